The number of nitrogens with zero attached hydrogens (tertiary/aromatic N) is 1. The van der Waals surface area contributed by atoms with Gasteiger partial charge in [-0.05, 0) is 43.3 Å². The second-order valence-corrected chi connectivity index (χ2v) is 8.29. The van der Waals surface area contributed by atoms with Crippen LogP contribution in [-0.4, -0.2) is 45.3 Å². The lowest BCUT2D eigenvalue weighted by atomic mass is 10.2. The second-order valence-electron chi connectivity index (χ2n) is 6.60. The maximum atomic E-state index is 13.1. The molecular formula is C19H20F3N3O4S. The highest BCUT2D eigenvalue weighted by atomic mass is 32.2. The molecule has 0 aliphatic heterocycles. The Hall–Kier alpha value is -2.92. The molecule has 2 aromatic rings. The molecule has 0 bridgehead atoms. The Kier molecular flexibility index (Phi) is 6.88. The van der Waals surface area contributed by atoms with Gasteiger partial charge in [0.2, 0.25) is 15.9 Å². The van der Waals surface area contributed by atoms with Gasteiger partial charge in [-0.2, -0.15) is 17.9 Å². The van der Waals surface area contributed by atoms with E-state index in [1.807, 2.05) is 4.72 Å². The summed E-state index contributed by atoms with van der Waals surface area (Å²) in [6.45, 7) is 1.20. The number of hydrogen-bond donors (Lipinski definition) is 2. The zero-order valence-electron chi connectivity index (χ0n) is 16.3. The second kappa shape index (κ2) is 8.84. The molecule has 0 radical (unpaired) electrons. The monoisotopic (exact) mass is 443 g/mol. The zero-order valence-corrected chi connectivity index (χ0v) is 17.1. The lowest BCUT2D eigenvalue weighted by Gasteiger charge is -2.17. The summed E-state index contributed by atoms with van der Waals surface area (Å²) in [7, 11) is -1.45. The average molecular weight is 443 g/mol. The highest BCUT2D eigenvalue weighted by Crippen LogP contribution is 2.33. The minimum Gasteiger partial charge on any atom is -0.345 e. The van der Waals surface area contributed by atoms with Gasteiger partial charge in [0.15, 0.2) is 0 Å². The van der Waals surface area contributed by atoms with Crippen LogP contribution in [0.5, 0.6) is 0 Å². The minimum atomic E-state index is -4.87. The summed E-state index contributed by atoms with van der Waals surface area (Å²) < 4.78 is 66.1. The summed E-state index contributed by atoms with van der Waals surface area (Å²) in [5, 5.41) is 2.44. The van der Waals surface area contributed by atoms with E-state index in [1.54, 1.807) is 14.1 Å². The van der Waals surface area contributed by atoms with Crippen molar-refractivity contribution in [2.45, 2.75) is 24.0 Å². The molecule has 1 unspecified atom stereocenters. The Morgan fingerprint density at radius 2 is 1.57 bits per heavy atom. The molecule has 0 saturated heterocycles. The van der Waals surface area contributed by atoms with Crippen LogP contribution in [0.4, 0.5) is 18.9 Å². The maximum Gasteiger partial charge on any atom is 0.417 e. The molecule has 2 amide bonds. The highest BCUT2D eigenvalue weighted by molar-refractivity contribution is 7.89. The van der Waals surface area contributed by atoms with Crippen LogP contribution in [0.3, 0.4) is 0 Å². The molecule has 0 heterocycles. The molecule has 0 spiro atoms. The standard InChI is InChI=1S/C19H20F3N3O4S/c1-12(17(26)23-14-10-8-13(9-11-14)18(27)25(2)3)24-30(28,29)16-7-5-4-6-15(16)19(20,21)22/h4-12,24H,1-3H3,(H,23,26). The Balaban J connectivity index is 2.13. The van der Waals surface area contributed by atoms with Crippen molar-refractivity contribution in [3.05, 3.63) is 59.7 Å². The van der Waals surface area contributed by atoms with Gasteiger partial charge in [0.1, 0.15) is 0 Å². The lowest BCUT2D eigenvalue weighted by molar-refractivity contribution is -0.139. The highest BCUT2D eigenvalue weighted by Gasteiger charge is 2.37. The van der Waals surface area contributed by atoms with Crippen LogP contribution < -0.4 is 10.0 Å². The van der Waals surface area contributed by atoms with Gasteiger partial charge >= 0.3 is 6.18 Å². The first-order chi connectivity index (χ1) is 13.8. The number of halogens is 3. The Bertz CT molecular complexity index is 1040. The molecule has 7 nitrogen and oxygen atoms in total. The van der Waals surface area contributed by atoms with Crippen molar-refractivity contribution in [3.63, 3.8) is 0 Å². The number of benzene rings is 2. The van der Waals surface area contributed by atoms with Gasteiger partial charge in [-0.1, -0.05) is 12.1 Å². The van der Waals surface area contributed by atoms with Gasteiger partial charge in [0.25, 0.3) is 5.91 Å². The fraction of sp³-hybridized carbons (Fsp3) is 0.263. The third-order valence-electron chi connectivity index (χ3n) is 4.01. The topological polar surface area (TPSA) is 95.6 Å². The van der Waals surface area contributed by atoms with Gasteiger partial charge < -0.3 is 10.2 Å². The van der Waals surface area contributed by atoms with E-state index in [4.69, 9.17) is 0 Å². The van der Waals surface area contributed by atoms with E-state index in [0.717, 1.165) is 18.2 Å². The summed E-state index contributed by atoms with van der Waals surface area (Å²) >= 11 is 0. The smallest absolute Gasteiger partial charge is 0.345 e. The van der Waals surface area contributed by atoms with Crippen molar-refractivity contribution in [2.24, 2.45) is 0 Å². The van der Waals surface area contributed by atoms with Crippen molar-refractivity contribution in [3.8, 4) is 0 Å². The van der Waals surface area contributed by atoms with E-state index in [1.165, 1.54) is 36.1 Å². The Labute approximate surface area is 171 Å². The van der Waals surface area contributed by atoms with E-state index < -0.39 is 38.6 Å². The summed E-state index contributed by atoms with van der Waals surface area (Å²) in [5.41, 5.74) is -0.654. The van der Waals surface area contributed by atoms with Crippen molar-refractivity contribution >= 4 is 27.5 Å². The number of rotatable bonds is 6. The predicted octanol–water partition coefficient (Wildman–Crippen LogP) is 2.71. The molecule has 0 saturated carbocycles. The number of hydrogen-bond acceptors (Lipinski definition) is 4. The first-order valence-electron chi connectivity index (χ1n) is 8.64. The number of carbonyl (C=O) groups excluding carboxylic acids is 2. The SMILES string of the molecule is CC(NS(=O)(=O)c1ccccc1C(F)(F)F)C(=O)Nc1ccc(C(=O)N(C)C)cc1. The molecule has 1 atom stereocenters. The van der Waals surface area contributed by atoms with E-state index in [0.29, 0.717) is 11.6 Å². The van der Waals surface area contributed by atoms with E-state index >= 15 is 0 Å². The lowest BCUT2D eigenvalue weighted by Crippen LogP contribution is -2.42. The van der Waals surface area contributed by atoms with Crippen molar-refractivity contribution in [2.75, 3.05) is 19.4 Å². The number of amides is 2. The Morgan fingerprint density at radius 1 is 1.00 bits per heavy atom. The third-order valence-corrected chi connectivity index (χ3v) is 5.61. The molecule has 2 rings (SSSR count). The van der Waals surface area contributed by atoms with Crippen LogP contribution in [0.1, 0.15) is 22.8 Å². The molecule has 11 heteroatoms. The largest absolute Gasteiger partial charge is 0.417 e. The minimum absolute atomic E-state index is 0.239. The van der Waals surface area contributed by atoms with Crippen LogP contribution in [-0.2, 0) is 21.0 Å². The van der Waals surface area contributed by atoms with Crippen molar-refractivity contribution < 1.29 is 31.2 Å². The third kappa shape index (κ3) is 5.57. The van der Waals surface area contributed by atoms with Crippen LogP contribution in [0.25, 0.3) is 0 Å². The quantitative estimate of drug-likeness (QED) is 0.718. The van der Waals surface area contributed by atoms with E-state index in [-0.39, 0.29) is 11.6 Å². The number of nitrogens with one attached hydrogen (secondary N) is 2. The normalized spacial score (nSPS) is 12.9. The van der Waals surface area contributed by atoms with Crippen molar-refractivity contribution in [1.82, 2.24) is 9.62 Å². The maximum absolute atomic E-state index is 13.1. The first-order valence-corrected chi connectivity index (χ1v) is 10.1. The summed E-state index contributed by atoms with van der Waals surface area (Å²) in [4.78, 5) is 24.6. The van der Waals surface area contributed by atoms with Gasteiger partial charge in [0, 0.05) is 25.3 Å². The van der Waals surface area contributed by atoms with Crippen molar-refractivity contribution in [1.29, 1.82) is 0 Å². The number of alkyl halides is 3. The summed E-state index contributed by atoms with van der Waals surface area (Å²) in [6, 6.07) is 8.20. The van der Waals surface area contributed by atoms with Crippen LogP contribution >= 0.6 is 0 Å². The number of anilines is 1. The van der Waals surface area contributed by atoms with Gasteiger partial charge in [-0.15, -0.1) is 0 Å². The fourth-order valence-corrected chi connectivity index (χ4v) is 3.92. The molecule has 162 valence electrons. The van der Waals surface area contributed by atoms with Gasteiger partial charge in [-0.3, -0.25) is 9.59 Å². The molecule has 0 fully saturated rings. The molecular weight excluding hydrogens is 423 g/mol. The molecule has 0 aliphatic carbocycles. The number of carbonyl (C=O) groups is 2. The predicted molar refractivity (Wildman–Crippen MR) is 104 cm³/mol. The van der Waals surface area contributed by atoms with E-state index in [9.17, 15) is 31.2 Å². The van der Waals surface area contributed by atoms with Crippen LogP contribution in [0, 0.1) is 0 Å². The van der Waals surface area contributed by atoms with Crippen LogP contribution in [0.2, 0.25) is 0 Å². The fourth-order valence-electron chi connectivity index (χ4n) is 2.49. The molecule has 0 aliphatic rings. The zero-order chi connectivity index (χ0) is 22.7. The number of sulfonamides is 1. The summed E-state index contributed by atoms with van der Waals surface area (Å²) in [5.74, 6) is -1.02. The van der Waals surface area contributed by atoms with Crippen LogP contribution in [0.15, 0.2) is 53.4 Å². The first kappa shape index (κ1) is 23.4. The van der Waals surface area contributed by atoms with Gasteiger partial charge in [0.05, 0.1) is 16.5 Å². The van der Waals surface area contributed by atoms with E-state index in [2.05, 4.69) is 5.32 Å². The molecule has 2 aromatic carbocycles. The molecule has 0 aromatic heterocycles. The average Bonchev–Trinajstić information content (AvgIpc) is 2.67. The van der Waals surface area contributed by atoms with Gasteiger partial charge in [-0.25, -0.2) is 8.42 Å². The molecule has 30 heavy (non-hydrogen) atoms. The summed E-state index contributed by atoms with van der Waals surface area (Å²) in [6.07, 6.45) is -4.87. The molecule has 2 N–H and O–H groups in total. The Morgan fingerprint density at radius 3 is 2.10 bits per heavy atom.